The number of terminal acetylenes is 1. The molecule has 13 heavy (non-hydrogen) atoms. The predicted octanol–water partition coefficient (Wildman–Crippen LogP) is 1.42. The Labute approximate surface area is 81.9 Å². The van der Waals surface area contributed by atoms with Crippen molar-refractivity contribution in [3.05, 3.63) is 5.82 Å². The summed E-state index contributed by atoms with van der Waals surface area (Å²) >= 11 is 1.57. The number of hydrogen-bond acceptors (Lipinski definition) is 3. The molecule has 0 spiro atoms. The van der Waals surface area contributed by atoms with Crippen LogP contribution in [0.3, 0.4) is 0 Å². The van der Waals surface area contributed by atoms with Crippen LogP contribution in [0.5, 0.6) is 0 Å². The lowest BCUT2D eigenvalue weighted by molar-refractivity contribution is 0.737. The van der Waals surface area contributed by atoms with Crippen molar-refractivity contribution in [3.63, 3.8) is 0 Å². The van der Waals surface area contributed by atoms with E-state index in [4.69, 9.17) is 6.42 Å². The summed E-state index contributed by atoms with van der Waals surface area (Å²) in [6, 6.07) is 0. The second-order valence-corrected chi connectivity index (χ2v) is 4.11. The van der Waals surface area contributed by atoms with E-state index in [2.05, 4.69) is 20.7 Å². The van der Waals surface area contributed by atoms with E-state index in [1.54, 1.807) is 11.8 Å². The van der Waals surface area contributed by atoms with Gasteiger partial charge in [-0.2, -0.15) is 0 Å². The average molecular weight is 193 g/mol. The monoisotopic (exact) mass is 193 g/mol. The molecule has 0 unspecified atom stereocenters. The standard InChI is InChI=1S/C9H11N3S/c1-3-6-13-9-11-10-8(12(9)2)7-4-5-7/h1,7H,4-6H2,2H3. The van der Waals surface area contributed by atoms with Crippen molar-refractivity contribution >= 4 is 11.8 Å². The van der Waals surface area contributed by atoms with Crippen LogP contribution in [-0.4, -0.2) is 20.5 Å². The molecule has 0 N–H and O–H groups in total. The van der Waals surface area contributed by atoms with Crippen molar-refractivity contribution in [3.8, 4) is 12.3 Å². The number of nitrogens with zero attached hydrogens (tertiary/aromatic N) is 3. The Bertz CT molecular complexity index is 346. The van der Waals surface area contributed by atoms with Gasteiger partial charge in [0.05, 0.1) is 5.75 Å². The van der Waals surface area contributed by atoms with E-state index < -0.39 is 0 Å². The summed E-state index contributed by atoms with van der Waals surface area (Å²) in [5.74, 6) is 5.00. The Hall–Kier alpha value is -0.950. The topological polar surface area (TPSA) is 30.7 Å². The van der Waals surface area contributed by atoms with Gasteiger partial charge in [0.15, 0.2) is 5.16 Å². The molecule has 0 amide bonds. The van der Waals surface area contributed by atoms with Crippen LogP contribution in [0.15, 0.2) is 5.16 Å². The van der Waals surface area contributed by atoms with Gasteiger partial charge in [-0.3, -0.25) is 0 Å². The van der Waals surface area contributed by atoms with Crippen molar-refractivity contribution in [2.75, 3.05) is 5.75 Å². The fourth-order valence-electron chi connectivity index (χ4n) is 1.26. The molecule has 4 heteroatoms. The van der Waals surface area contributed by atoms with Gasteiger partial charge in [0.25, 0.3) is 0 Å². The Balaban J connectivity index is 2.13. The molecule has 1 saturated carbocycles. The second-order valence-electron chi connectivity index (χ2n) is 3.17. The molecule has 1 aliphatic rings. The fourth-order valence-corrected chi connectivity index (χ4v) is 1.85. The van der Waals surface area contributed by atoms with Gasteiger partial charge >= 0.3 is 0 Å². The lowest BCUT2D eigenvalue weighted by Gasteiger charge is -1.99. The smallest absolute Gasteiger partial charge is 0.191 e. The molecule has 0 atom stereocenters. The van der Waals surface area contributed by atoms with E-state index in [0.717, 1.165) is 11.0 Å². The van der Waals surface area contributed by atoms with E-state index in [1.165, 1.54) is 12.8 Å². The van der Waals surface area contributed by atoms with Crippen molar-refractivity contribution in [2.45, 2.75) is 23.9 Å². The molecule has 0 radical (unpaired) electrons. The van der Waals surface area contributed by atoms with Gasteiger partial charge in [-0.1, -0.05) is 17.7 Å². The van der Waals surface area contributed by atoms with Crippen LogP contribution < -0.4 is 0 Å². The molecular weight excluding hydrogens is 182 g/mol. The average Bonchev–Trinajstić information content (AvgIpc) is 2.89. The van der Waals surface area contributed by atoms with Crippen LogP contribution in [0.4, 0.5) is 0 Å². The number of thioether (sulfide) groups is 1. The van der Waals surface area contributed by atoms with Crippen LogP contribution in [0, 0.1) is 12.3 Å². The first kappa shape index (κ1) is 8.64. The number of hydrogen-bond donors (Lipinski definition) is 0. The first-order chi connectivity index (χ1) is 6.33. The molecule has 0 aromatic carbocycles. The summed E-state index contributed by atoms with van der Waals surface area (Å²) in [6.45, 7) is 0. The molecule has 1 aliphatic carbocycles. The maximum Gasteiger partial charge on any atom is 0.191 e. The zero-order chi connectivity index (χ0) is 9.26. The maximum atomic E-state index is 5.18. The second kappa shape index (κ2) is 3.43. The lowest BCUT2D eigenvalue weighted by Crippen LogP contribution is -1.97. The first-order valence-electron chi connectivity index (χ1n) is 4.28. The minimum absolute atomic E-state index is 0.651. The third kappa shape index (κ3) is 1.70. The zero-order valence-electron chi connectivity index (χ0n) is 7.53. The maximum absolute atomic E-state index is 5.18. The molecule has 3 nitrogen and oxygen atoms in total. The molecule has 1 aromatic rings. The minimum Gasteiger partial charge on any atom is -0.309 e. The summed E-state index contributed by atoms with van der Waals surface area (Å²) in [6.07, 6.45) is 7.69. The van der Waals surface area contributed by atoms with Crippen LogP contribution in [0.2, 0.25) is 0 Å². The van der Waals surface area contributed by atoms with Gasteiger partial charge in [0.1, 0.15) is 5.82 Å². The highest BCUT2D eigenvalue weighted by Crippen LogP contribution is 2.39. The SMILES string of the molecule is C#CCSc1nnc(C2CC2)n1C. The number of aromatic nitrogens is 3. The molecule has 1 heterocycles. The minimum atomic E-state index is 0.651. The van der Waals surface area contributed by atoms with E-state index >= 15 is 0 Å². The van der Waals surface area contributed by atoms with Gasteiger partial charge in [-0.05, 0) is 12.8 Å². The highest BCUT2D eigenvalue weighted by molar-refractivity contribution is 7.99. The van der Waals surface area contributed by atoms with Gasteiger partial charge in [0, 0.05) is 13.0 Å². The van der Waals surface area contributed by atoms with Gasteiger partial charge in [-0.15, -0.1) is 16.6 Å². The molecule has 0 bridgehead atoms. The van der Waals surface area contributed by atoms with Gasteiger partial charge in [-0.25, -0.2) is 0 Å². The van der Waals surface area contributed by atoms with Crippen LogP contribution in [0.1, 0.15) is 24.6 Å². The molecular formula is C9H11N3S. The Kier molecular flexibility index (Phi) is 2.28. The zero-order valence-corrected chi connectivity index (χ0v) is 8.34. The van der Waals surface area contributed by atoms with Crippen LogP contribution in [0.25, 0.3) is 0 Å². The van der Waals surface area contributed by atoms with Crippen molar-refractivity contribution in [2.24, 2.45) is 7.05 Å². The number of rotatable bonds is 3. The highest BCUT2D eigenvalue weighted by Gasteiger charge is 2.29. The van der Waals surface area contributed by atoms with E-state index in [0.29, 0.717) is 11.7 Å². The van der Waals surface area contributed by atoms with E-state index in [-0.39, 0.29) is 0 Å². The van der Waals surface area contributed by atoms with E-state index in [1.807, 2.05) is 7.05 Å². The van der Waals surface area contributed by atoms with Gasteiger partial charge < -0.3 is 4.57 Å². The fraction of sp³-hybridized carbons (Fsp3) is 0.556. The van der Waals surface area contributed by atoms with Crippen LogP contribution >= 0.6 is 11.8 Å². The van der Waals surface area contributed by atoms with Crippen molar-refractivity contribution in [1.82, 2.24) is 14.8 Å². The van der Waals surface area contributed by atoms with Crippen molar-refractivity contribution in [1.29, 1.82) is 0 Å². The summed E-state index contributed by atoms with van der Waals surface area (Å²) in [4.78, 5) is 0. The highest BCUT2D eigenvalue weighted by atomic mass is 32.2. The Morgan fingerprint density at radius 1 is 1.62 bits per heavy atom. The third-order valence-electron chi connectivity index (χ3n) is 2.10. The Morgan fingerprint density at radius 2 is 2.38 bits per heavy atom. The van der Waals surface area contributed by atoms with Crippen molar-refractivity contribution < 1.29 is 0 Å². The third-order valence-corrected chi connectivity index (χ3v) is 3.02. The Morgan fingerprint density at radius 3 is 3.00 bits per heavy atom. The molecule has 1 fully saturated rings. The van der Waals surface area contributed by atoms with Crippen LogP contribution in [-0.2, 0) is 7.05 Å². The summed E-state index contributed by atoms with van der Waals surface area (Å²) in [5, 5.41) is 9.18. The van der Waals surface area contributed by atoms with Gasteiger partial charge in [0.2, 0.25) is 0 Å². The first-order valence-corrected chi connectivity index (χ1v) is 5.27. The molecule has 2 rings (SSSR count). The summed E-state index contributed by atoms with van der Waals surface area (Å²) < 4.78 is 2.06. The normalized spacial score (nSPS) is 15.7. The predicted molar refractivity (Wildman–Crippen MR) is 52.5 cm³/mol. The summed E-state index contributed by atoms with van der Waals surface area (Å²) in [7, 11) is 2.01. The summed E-state index contributed by atoms with van der Waals surface area (Å²) in [5.41, 5.74) is 0. The van der Waals surface area contributed by atoms with E-state index in [9.17, 15) is 0 Å². The molecule has 0 aliphatic heterocycles. The largest absolute Gasteiger partial charge is 0.309 e. The molecule has 0 saturated heterocycles. The molecule has 1 aromatic heterocycles. The molecule has 68 valence electrons. The lowest BCUT2D eigenvalue weighted by atomic mass is 10.4. The quantitative estimate of drug-likeness (QED) is 0.537.